The van der Waals surface area contributed by atoms with Crippen molar-refractivity contribution in [2.45, 2.75) is 44.8 Å². The first-order valence-electron chi connectivity index (χ1n) is 11.9. The van der Waals surface area contributed by atoms with Gasteiger partial charge >= 0.3 is 0 Å². The molecule has 8 heteroatoms. The van der Waals surface area contributed by atoms with Crippen molar-refractivity contribution in [1.29, 1.82) is 0 Å². The molecule has 3 aromatic rings. The van der Waals surface area contributed by atoms with Gasteiger partial charge in [0.1, 0.15) is 5.84 Å². The van der Waals surface area contributed by atoms with Gasteiger partial charge in [-0.15, -0.1) is 12.4 Å². The summed E-state index contributed by atoms with van der Waals surface area (Å²) in [5, 5.41) is 4.32. The van der Waals surface area contributed by atoms with E-state index in [-0.39, 0.29) is 18.0 Å². The van der Waals surface area contributed by atoms with Crippen molar-refractivity contribution >= 4 is 35.5 Å². The predicted molar refractivity (Wildman–Crippen MR) is 147 cm³/mol. The zero-order valence-corrected chi connectivity index (χ0v) is 21.1. The fourth-order valence-electron chi connectivity index (χ4n) is 4.99. The molecule has 1 fully saturated rings. The number of aliphatic imine (C=N–C) groups is 1. The summed E-state index contributed by atoms with van der Waals surface area (Å²) in [5.74, 6) is 1.19. The predicted octanol–water partition coefficient (Wildman–Crippen LogP) is 4.79. The Bertz CT molecular complexity index is 1290. The summed E-state index contributed by atoms with van der Waals surface area (Å²) in [6, 6.07) is 15.7. The molecule has 0 unspecified atom stereocenters. The normalized spacial score (nSPS) is 19.0. The van der Waals surface area contributed by atoms with Gasteiger partial charge in [-0.3, -0.25) is 9.79 Å². The second-order valence-electron chi connectivity index (χ2n) is 9.43. The number of pyridine rings is 1. The molecule has 0 spiro atoms. The molecule has 2 heterocycles. The van der Waals surface area contributed by atoms with Crippen LogP contribution in [0.3, 0.4) is 0 Å². The van der Waals surface area contributed by atoms with E-state index >= 15 is 0 Å². The van der Waals surface area contributed by atoms with Crippen molar-refractivity contribution in [1.82, 2.24) is 4.57 Å². The van der Waals surface area contributed by atoms with E-state index in [1.165, 1.54) is 0 Å². The average Bonchev–Trinajstić information content (AvgIpc) is 3.21. The SMILES string of the molecule is Cl.NC1=NCc2cc(-c3ccc(=O)n(Cc4cccc(Cl)c4)c3)cc(NCC3CCC(N)CC3)c21. The molecule has 0 bridgehead atoms. The van der Waals surface area contributed by atoms with Crippen LogP contribution in [0.15, 0.2) is 64.5 Å². The molecule has 5 N–H and O–H groups in total. The molecule has 2 aromatic carbocycles. The van der Waals surface area contributed by atoms with Crippen molar-refractivity contribution in [2.75, 3.05) is 11.9 Å². The lowest BCUT2D eigenvalue weighted by molar-refractivity contribution is 0.339. The molecular formula is C27H31Cl2N5O. The molecule has 0 amide bonds. The van der Waals surface area contributed by atoms with E-state index in [1.807, 2.05) is 36.5 Å². The number of nitrogens with zero attached hydrogens (tertiary/aromatic N) is 2. The van der Waals surface area contributed by atoms with Gasteiger partial charge < -0.3 is 21.4 Å². The minimum absolute atomic E-state index is 0. The Labute approximate surface area is 216 Å². The fourth-order valence-corrected chi connectivity index (χ4v) is 5.20. The fraction of sp³-hybridized carbons (Fsp3) is 0.333. The van der Waals surface area contributed by atoms with E-state index in [4.69, 9.17) is 23.1 Å². The van der Waals surface area contributed by atoms with Crippen molar-refractivity contribution in [2.24, 2.45) is 22.4 Å². The van der Waals surface area contributed by atoms with Crippen LogP contribution in [0.4, 0.5) is 5.69 Å². The Morgan fingerprint density at radius 1 is 1.06 bits per heavy atom. The number of halogens is 2. The molecule has 1 aliphatic heterocycles. The molecule has 0 saturated heterocycles. The van der Waals surface area contributed by atoms with Crippen molar-refractivity contribution in [3.8, 4) is 11.1 Å². The molecule has 0 atom stereocenters. The van der Waals surface area contributed by atoms with Crippen LogP contribution in [-0.2, 0) is 13.1 Å². The van der Waals surface area contributed by atoms with Crippen LogP contribution < -0.4 is 22.3 Å². The van der Waals surface area contributed by atoms with Crippen LogP contribution >= 0.6 is 24.0 Å². The van der Waals surface area contributed by atoms with Crippen LogP contribution in [0.25, 0.3) is 11.1 Å². The zero-order valence-electron chi connectivity index (χ0n) is 19.5. The molecule has 1 aliphatic carbocycles. The number of rotatable bonds is 6. The van der Waals surface area contributed by atoms with E-state index in [1.54, 1.807) is 10.6 Å². The van der Waals surface area contributed by atoms with Gasteiger partial charge in [0.25, 0.3) is 5.56 Å². The Balaban J connectivity index is 0.00000289. The van der Waals surface area contributed by atoms with E-state index in [0.29, 0.717) is 35.9 Å². The van der Waals surface area contributed by atoms with Crippen molar-refractivity contribution in [3.63, 3.8) is 0 Å². The third kappa shape index (κ3) is 5.72. The molecule has 0 radical (unpaired) electrons. The maximum Gasteiger partial charge on any atom is 0.250 e. The molecule has 1 saturated carbocycles. The summed E-state index contributed by atoms with van der Waals surface area (Å²) in [4.78, 5) is 17.0. The Hall–Kier alpha value is -2.80. The maximum atomic E-state index is 12.6. The standard InChI is InChI=1S/C27H30ClN5O.ClH/c28-22-3-1-2-18(10-22)15-33-16-19(6-9-25(33)34)20-11-21-14-32-27(30)26(21)24(12-20)31-13-17-4-7-23(29)8-5-17;/h1-3,6,9-12,16-17,23,31H,4-5,7-8,13-15,29H2,(H2,30,32);1H. The highest BCUT2D eigenvalue weighted by Gasteiger charge is 2.22. The summed E-state index contributed by atoms with van der Waals surface area (Å²) in [7, 11) is 0. The Morgan fingerprint density at radius 3 is 2.63 bits per heavy atom. The maximum absolute atomic E-state index is 12.6. The number of anilines is 1. The molecule has 5 rings (SSSR count). The summed E-state index contributed by atoms with van der Waals surface area (Å²) in [6.45, 7) is 1.93. The lowest BCUT2D eigenvalue weighted by atomic mass is 9.86. The highest BCUT2D eigenvalue weighted by molar-refractivity contribution is 6.30. The summed E-state index contributed by atoms with van der Waals surface area (Å²) in [6.07, 6.45) is 6.38. The van der Waals surface area contributed by atoms with Crippen LogP contribution in [0.2, 0.25) is 5.02 Å². The van der Waals surface area contributed by atoms with Crippen LogP contribution in [0.5, 0.6) is 0 Å². The molecule has 184 valence electrons. The lowest BCUT2D eigenvalue weighted by Gasteiger charge is -2.27. The third-order valence-corrected chi connectivity index (χ3v) is 7.16. The van der Waals surface area contributed by atoms with E-state index in [2.05, 4.69) is 22.4 Å². The third-order valence-electron chi connectivity index (χ3n) is 6.93. The molecule has 2 aliphatic rings. The highest BCUT2D eigenvalue weighted by Crippen LogP contribution is 2.33. The average molecular weight is 512 g/mol. The summed E-state index contributed by atoms with van der Waals surface area (Å²) in [5.41, 5.74) is 18.4. The summed E-state index contributed by atoms with van der Waals surface area (Å²) >= 11 is 6.13. The first kappa shape index (κ1) is 25.3. The number of hydrogen-bond acceptors (Lipinski definition) is 5. The quantitative estimate of drug-likeness (QED) is 0.443. The second kappa shape index (κ2) is 10.9. The number of amidine groups is 1. The first-order chi connectivity index (χ1) is 16.5. The van der Waals surface area contributed by atoms with E-state index in [9.17, 15) is 4.79 Å². The van der Waals surface area contributed by atoms with Gasteiger partial charge in [0.15, 0.2) is 0 Å². The topological polar surface area (TPSA) is 98.4 Å². The molecule has 35 heavy (non-hydrogen) atoms. The van der Waals surface area contributed by atoms with Crippen LogP contribution in [0.1, 0.15) is 42.4 Å². The van der Waals surface area contributed by atoms with Gasteiger partial charge in [0.2, 0.25) is 0 Å². The number of hydrogen-bond donors (Lipinski definition) is 3. The van der Waals surface area contributed by atoms with E-state index < -0.39 is 0 Å². The Kier molecular flexibility index (Phi) is 7.85. The minimum Gasteiger partial charge on any atom is -0.384 e. The van der Waals surface area contributed by atoms with Gasteiger partial charge in [-0.05, 0) is 84.2 Å². The zero-order chi connectivity index (χ0) is 23.7. The molecule has 6 nitrogen and oxygen atoms in total. The largest absolute Gasteiger partial charge is 0.384 e. The minimum atomic E-state index is -0.0497. The molecular weight excluding hydrogens is 481 g/mol. The number of nitrogens with one attached hydrogen (secondary N) is 1. The van der Waals surface area contributed by atoms with Gasteiger partial charge in [-0.25, -0.2) is 0 Å². The second-order valence-corrected chi connectivity index (χ2v) is 9.87. The van der Waals surface area contributed by atoms with Gasteiger partial charge in [0, 0.05) is 41.1 Å². The van der Waals surface area contributed by atoms with Crippen LogP contribution in [0, 0.1) is 5.92 Å². The number of benzene rings is 2. The van der Waals surface area contributed by atoms with Crippen molar-refractivity contribution < 1.29 is 0 Å². The lowest BCUT2D eigenvalue weighted by Crippen LogP contribution is -2.29. The monoisotopic (exact) mass is 511 g/mol. The smallest absolute Gasteiger partial charge is 0.250 e. The number of fused-ring (bicyclic) bond motifs is 1. The highest BCUT2D eigenvalue weighted by atomic mass is 35.5. The van der Waals surface area contributed by atoms with E-state index in [0.717, 1.165) is 65.7 Å². The van der Waals surface area contributed by atoms with Gasteiger partial charge in [-0.1, -0.05) is 23.7 Å². The van der Waals surface area contributed by atoms with Crippen LogP contribution in [-0.4, -0.2) is 23.0 Å². The summed E-state index contributed by atoms with van der Waals surface area (Å²) < 4.78 is 1.72. The number of aromatic nitrogens is 1. The van der Waals surface area contributed by atoms with Gasteiger partial charge in [0.05, 0.1) is 13.1 Å². The molecule has 1 aromatic heterocycles. The first-order valence-corrected chi connectivity index (χ1v) is 12.3. The number of nitrogens with two attached hydrogens (primary N) is 2. The van der Waals surface area contributed by atoms with Gasteiger partial charge in [-0.2, -0.15) is 0 Å². The Morgan fingerprint density at radius 2 is 1.86 bits per heavy atom. The van der Waals surface area contributed by atoms with Crippen molar-refractivity contribution in [3.05, 3.63) is 86.8 Å².